The molecule has 2 nitrogen and oxygen atoms in total. The molecule has 1 aromatic rings. The largest absolute Gasteiger partial charge is 0.396 e. The van der Waals surface area contributed by atoms with Gasteiger partial charge in [-0.25, -0.2) is 0 Å². The number of nitriles is 1. The van der Waals surface area contributed by atoms with Crippen LogP contribution in [0.25, 0.3) is 5.57 Å². The normalized spacial score (nSPS) is 15.9. The molecule has 17 heavy (non-hydrogen) atoms. The van der Waals surface area contributed by atoms with Crippen LogP contribution in [0.5, 0.6) is 0 Å². The van der Waals surface area contributed by atoms with Gasteiger partial charge >= 0.3 is 0 Å². The van der Waals surface area contributed by atoms with Gasteiger partial charge in [0.25, 0.3) is 0 Å². The number of fused-ring (bicyclic) bond motifs is 1. The molecular weight excluding hydrogens is 210 g/mol. The monoisotopic (exact) mass is 227 g/mol. The Labute approximate surface area is 102 Å². The minimum absolute atomic E-state index is 0.170. The molecule has 0 spiro atoms. The highest BCUT2D eigenvalue weighted by Gasteiger charge is 2.21. The third kappa shape index (κ3) is 2.11. The van der Waals surface area contributed by atoms with Crippen molar-refractivity contribution in [1.29, 1.82) is 5.26 Å². The van der Waals surface area contributed by atoms with Crippen LogP contribution in [-0.2, 0) is 19.3 Å². The van der Waals surface area contributed by atoms with Crippen molar-refractivity contribution in [3.8, 4) is 6.07 Å². The van der Waals surface area contributed by atoms with E-state index in [1.165, 1.54) is 22.3 Å². The quantitative estimate of drug-likeness (QED) is 0.807. The first kappa shape index (κ1) is 11.9. The van der Waals surface area contributed by atoms with Gasteiger partial charge in [0, 0.05) is 12.7 Å². The molecule has 2 heteroatoms. The molecular formula is C15H17NO. The molecule has 1 aliphatic rings. The summed E-state index contributed by atoms with van der Waals surface area (Å²) in [5.74, 6) is 0. The zero-order valence-corrected chi connectivity index (χ0v) is 10.2. The molecule has 2 rings (SSSR count). The summed E-state index contributed by atoms with van der Waals surface area (Å²) >= 11 is 0. The topological polar surface area (TPSA) is 44.0 Å². The lowest BCUT2D eigenvalue weighted by Gasteiger charge is -2.13. The summed E-state index contributed by atoms with van der Waals surface area (Å²) in [6.07, 6.45) is 5.30. The average molecular weight is 227 g/mol. The van der Waals surface area contributed by atoms with Crippen molar-refractivity contribution in [2.75, 3.05) is 6.61 Å². The van der Waals surface area contributed by atoms with Gasteiger partial charge in [-0.2, -0.15) is 5.26 Å². The SMILES string of the molecule is CCc1ccc2c(c1CCO)C(=CC#N)CC2. The molecule has 0 aliphatic heterocycles. The number of hydrogen-bond donors (Lipinski definition) is 1. The molecule has 0 saturated carbocycles. The number of rotatable bonds is 3. The van der Waals surface area contributed by atoms with Gasteiger partial charge in [0.15, 0.2) is 0 Å². The lowest BCUT2D eigenvalue weighted by molar-refractivity contribution is 0.299. The van der Waals surface area contributed by atoms with Crippen LogP contribution in [0.1, 0.15) is 35.6 Å². The first-order valence-electron chi connectivity index (χ1n) is 6.15. The number of aliphatic hydroxyl groups is 1. The second-order valence-electron chi connectivity index (χ2n) is 4.36. The predicted molar refractivity (Wildman–Crippen MR) is 68.5 cm³/mol. The summed E-state index contributed by atoms with van der Waals surface area (Å²) in [4.78, 5) is 0. The first-order chi connectivity index (χ1) is 8.31. The molecule has 0 bridgehead atoms. The van der Waals surface area contributed by atoms with E-state index in [-0.39, 0.29) is 6.61 Å². The predicted octanol–water partition coefficient (Wildman–Crippen LogP) is 2.64. The molecule has 0 radical (unpaired) electrons. The van der Waals surface area contributed by atoms with Crippen LogP contribution < -0.4 is 0 Å². The van der Waals surface area contributed by atoms with E-state index in [1.54, 1.807) is 6.08 Å². The van der Waals surface area contributed by atoms with E-state index in [0.717, 1.165) is 24.8 Å². The van der Waals surface area contributed by atoms with Gasteiger partial charge in [0.1, 0.15) is 0 Å². The fourth-order valence-electron chi connectivity index (χ4n) is 2.69. The van der Waals surface area contributed by atoms with Gasteiger partial charge in [-0.3, -0.25) is 0 Å². The Bertz CT molecular complexity index is 494. The number of hydrogen-bond acceptors (Lipinski definition) is 2. The summed E-state index contributed by atoms with van der Waals surface area (Å²) in [6, 6.07) is 6.47. The van der Waals surface area contributed by atoms with E-state index in [1.807, 2.05) is 0 Å². The smallest absolute Gasteiger partial charge is 0.0915 e. The number of allylic oxidation sites excluding steroid dienone is 2. The summed E-state index contributed by atoms with van der Waals surface area (Å²) in [6.45, 7) is 2.30. The fourth-order valence-corrected chi connectivity index (χ4v) is 2.69. The maximum atomic E-state index is 9.20. The van der Waals surface area contributed by atoms with Gasteiger partial charge in [-0.05, 0) is 53.5 Å². The Hall–Kier alpha value is -1.59. The Morgan fingerprint density at radius 1 is 1.41 bits per heavy atom. The molecule has 1 N–H and O–H groups in total. The van der Waals surface area contributed by atoms with Crippen molar-refractivity contribution < 1.29 is 5.11 Å². The molecule has 0 atom stereocenters. The van der Waals surface area contributed by atoms with Gasteiger partial charge in [0.05, 0.1) is 6.07 Å². The second kappa shape index (κ2) is 5.16. The van der Waals surface area contributed by atoms with Gasteiger partial charge in [-0.1, -0.05) is 19.1 Å². The molecule has 0 heterocycles. The van der Waals surface area contributed by atoms with Crippen LogP contribution in [0, 0.1) is 11.3 Å². The summed E-state index contributed by atoms with van der Waals surface area (Å²) in [5, 5.41) is 18.0. The van der Waals surface area contributed by atoms with Gasteiger partial charge in [-0.15, -0.1) is 0 Å². The van der Waals surface area contributed by atoms with E-state index in [2.05, 4.69) is 25.1 Å². The summed E-state index contributed by atoms with van der Waals surface area (Å²) in [7, 11) is 0. The molecule has 0 fully saturated rings. The summed E-state index contributed by atoms with van der Waals surface area (Å²) < 4.78 is 0. The van der Waals surface area contributed by atoms with Crippen molar-refractivity contribution >= 4 is 5.57 Å². The fraction of sp³-hybridized carbons (Fsp3) is 0.400. The summed E-state index contributed by atoms with van der Waals surface area (Å²) in [5.41, 5.74) is 6.24. The Morgan fingerprint density at radius 2 is 2.24 bits per heavy atom. The molecule has 0 amide bonds. The number of aryl methyl sites for hydroxylation is 2. The molecule has 0 saturated heterocycles. The van der Waals surface area contributed by atoms with Crippen LogP contribution in [0.2, 0.25) is 0 Å². The van der Waals surface area contributed by atoms with Crippen molar-refractivity contribution in [3.05, 3.63) is 40.5 Å². The lowest BCUT2D eigenvalue weighted by Crippen LogP contribution is -2.02. The van der Waals surface area contributed by atoms with Crippen LogP contribution in [0.3, 0.4) is 0 Å². The van der Waals surface area contributed by atoms with E-state index < -0.39 is 0 Å². The molecule has 1 aliphatic carbocycles. The van der Waals surface area contributed by atoms with Crippen LogP contribution in [-0.4, -0.2) is 11.7 Å². The zero-order chi connectivity index (χ0) is 12.3. The van der Waals surface area contributed by atoms with E-state index in [9.17, 15) is 5.11 Å². The van der Waals surface area contributed by atoms with Crippen LogP contribution in [0.4, 0.5) is 0 Å². The minimum Gasteiger partial charge on any atom is -0.396 e. The highest BCUT2D eigenvalue weighted by molar-refractivity contribution is 5.77. The van der Waals surface area contributed by atoms with Crippen molar-refractivity contribution in [1.82, 2.24) is 0 Å². The zero-order valence-electron chi connectivity index (χ0n) is 10.2. The molecule has 88 valence electrons. The molecule has 0 unspecified atom stereocenters. The number of benzene rings is 1. The highest BCUT2D eigenvalue weighted by atomic mass is 16.2. The van der Waals surface area contributed by atoms with Crippen molar-refractivity contribution in [3.63, 3.8) is 0 Å². The standard InChI is InChI=1S/C15H17NO/c1-2-11-3-4-12-5-6-13(7-9-16)15(12)14(11)8-10-17/h3-4,7,17H,2,5-6,8,10H2,1H3. The van der Waals surface area contributed by atoms with E-state index in [0.29, 0.717) is 6.42 Å². The maximum absolute atomic E-state index is 9.20. The first-order valence-corrected chi connectivity index (χ1v) is 6.15. The third-order valence-electron chi connectivity index (χ3n) is 3.46. The van der Waals surface area contributed by atoms with Gasteiger partial charge in [0.2, 0.25) is 0 Å². The lowest BCUT2D eigenvalue weighted by atomic mass is 9.92. The molecule has 0 aromatic heterocycles. The molecule has 1 aromatic carbocycles. The Kier molecular flexibility index (Phi) is 3.61. The average Bonchev–Trinajstić information content (AvgIpc) is 2.74. The van der Waals surface area contributed by atoms with Crippen molar-refractivity contribution in [2.24, 2.45) is 0 Å². The Balaban J connectivity index is 2.59. The van der Waals surface area contributed by atoms with E-state index >= 15 is 0 Å². The van der Waals surface area contributed by atoms with Gasteiger partial charge < -0.3 is 5.11 Å². The third-order valence-corrected chi connectivity index (χ3v) is 3.46. The van der Waals surface area contributed by atoms with Crippen LogP contribution >= 0.6 is 0 Å². The minimum atomic E-state index is 0.170. The highest BCUT2D eigenvalue weighted by Crippen LogP contribution is 2.36. The van der Waals surface area contributed by atoms with Crippen LogP contribution in [0.15, 0.2) is 18.2 Å². The number of nitrogens with zero attached hydrogens (tertiary/aromatic N) is 1. The van der Waals surface area contributed by atoms with Crippen molar-refractivity contribution in [2.45, 2.75) is 32.6 Å². The second-order valence-corrected chi connectivity index (χ2v) is 4.36. The Morgan fingerprint density at radius 3 is 2.88 bits per heavy atom. The number of aliphatic hydroxyl groups excluding tert-OH is 1. The van der Waals surface area contributed by atoms with E-state index in [4.69, 9.17) is 5.26 Å². The maximum Gasteiger partial charge on any atom is 0.0915 e.